The topological polar surface area (TPSA) is 53.7 Å². The predicted octanol–water partition coefficient (Wildman–Crippen LogP) is 25.1. The SMILES string of the molecule is CC(C)CCSC1OC=CC1C(C)C.CC(C)CCSc1cocc1C(C)C.CC(C)CCc1ccsc1SC(C)C.CC(C)COc1ccccc1CC(C)C.CC(C)COc1cscc1CC(C)C.CC(C)Cc1ccncc1CSC(C)C. The summed E-state index contributed by atoms with van der Waals surface area (Å²) in [6.45, 7) is 55.4. The Bertz CT molecular complexity index is 2310. The molecule has 1 aromatic carbocycles. The van der Waals surface area contributed by atoms with Crippen LogP contribution in [0.1, 0.15) is 225 Å². The molecule has 5 aromatic rings. The molecule has 1 aliphatic rings. The van der Waals surface area contributed by atoms with Gasteiger partial charge >= 0.3 is 0 Å². The molecular weight excluding hydrogens is 1170 g/mol. The number of nitrogens with zero attached hydrogens (tertiary/aromatic N) is 1. The molecule has 0 radical (unpaired) electrons. The molecule has 0 aliphatic carbocycles. The number of rotatable bonds is 30. The minimum absolute atomic E-state index is 0.369. The van der Waals surface area contributed by atoms with Crippen LogP contribution in [0.15, 0.2) is 103 Å². The van der Waals surface area contributed by atoms with Crippen LogP contribution < -0.4 is 9.47 Å². The van der Waals surface area contributed by atoms with Gasteiger partial charge in [-0.3, -0.25) is 4.98 Å². The van der Waals surface area contributed by atoms with Crippen LogP contribution in [-0.4, -0.2) is 45.6 Å². The molecule has 86 heavy (non-hydrogen) atoms. The molecule has 5 nitrogen and oxygen atoms in total. The van der Waals surface area contributed by atoms with Crippen LogP contribution >= 0.6 is 69.7 Å². The Morgan fingerprint density at radius 1 is 0.558 bits per heavy atom. The van der Waals surface area contributed by atoms with Gasteiger partial charge in [0, 0.05) is 50.7 Å². The van der Waals surface area contributed by atoms with E-state index in [0.717, 1.165) is 73.4 Å². The van der Waals surface area contributed by atoms with Gasteiger partial charge in [0.25, 0.3) is 0 Å². The van der Waals surface area contributed by atoms with Gasteiger partial charge in [-0.1, -0.05) is 184 Å². The van der Waals surface area contributed by atoms with E-state index in [1.54, 1.807) is 16.9 Å². The Morgan fingerprint density at radius 2 is 1.15 bits per heavy atom. The molecule has 6 rings (SSSR count). The Hall–Kier alpha value is -2.41. The summed E-state index contributed by atoms with van der Waals surface area (Å²) in [5.41, 5.74) is 8.84. The van der Waals surface area contributed by atoms with Gasteiger partial charge in [-0.25, -0.2) is 0 Å². The lowest BCUT2D eigenvalue weighted by Crippen LogP contribution is -2.18. The monoisotopic (exact) mass is 1300 g/mol. The highest BCUT2D eigenvalue weighted by molar-refractivity contribution is 8.01. The number of benzene rings is 1. The lowest BCUT2D eigenvalue weighted by atomic mass is 9.98. The fourth-order valence-corrected chi connectivity index (χ4v) is 15.2. The summed E-state index contributed by atoms with van der Waals surface area (Å²) in [5.74, 6) is 13.2. The predicted molar refractivity (Wildman–Crippen MR) is 393 cm³/mol. The highest BCUT2D eigenvalue weighted by Gasteiger charge is 2.27. The second-order valence-corrected chi connectivity index (χ2v) is 34.9. The first-order chi connectivity index (χ1) is 40.6. The maximum Gasteiger partial charge on any atom is 0.150 e. The quantitative estimate of drug-likeness (QED) is 0.0419. The molecule has 0 bridgehead atoms. The summed E-state index contributed by atoms with van der Waals surface area (Å²) >= 11 is 11.5. The Kier molecular flexibility index (Phi) is 45.1. The van der Waals surface area contributed by atoms with Crippen molar-refractivity contribution < 1.29 is 18.6 Å². The summed E-state index contributed by atoms with van der Waals surface area (Å²) in [4.78, 5) is 5.54. The number of ether oxygens (including phenoxy) is 3. The third kappa shape index (κ3) is 39.7. The molecule has 0 amide bonds. The van der Waals surface area contributed by atoms with Gasteiger partial charge in [0.05, 0.1) is 29.9 Å². The van der Waals surface area contributed by atoms with Gasteiger partial charge in [-0.15, -0.1) is 58.0 Å². The van der Waals surface area contributed by atoms with E-state index in [4.69, 9.17) is 18.6 Å². The summed E-state index contributed by atoms with van der Waals surface area (Å²) in [6.07, 6.45) is 20.2. The number of aromatic nitrogens is 1. The van der Waals surface area contributed by atoms with Gasteiger partial charge in [-0.2, -0.15) is 11.8 Å². The molecule has 5 heterocycles. The third-order valence-electron chi connectivity index (χ3n) is 13.1. The molecular formula is C75H125NO4S6. The lowest BCUT2D eigenvalue weighted by Gasteiger charge is -2.21. The van der Waals surface area contributed by atoms with Crippen LogP contribution in [0.25, 0.3) is 0 Å². The van der Waals surface area contributed by atoms with Crippen molar-refractivity contribution in [2.75, 3.05) is 24.7 Å². The zero-order valence-electron chi connectivity index (χ0n) is 58.8. The molecule has 0 saturated carbocycles. The van der Waals surface area contributed by atoms with E-state index in [1.807, 2.05) is 95.6 Å². The number of thiophene rings is 2. The van der Waals surface area contributed by atoms with Crippen LogP contribution in [0.3, 0.4) is 0 Å². The number of furan rings is 1. The second-order valence-electron chi connectivity index (χ2n) is 27.5. The number of aryl methyl sites for hydroxylation is 1. The van der Waals surface area contributed by atoms with Crippen molar-refractivity contribution in [3.8, 4) is 11.5 Å². The fraction of sp³-hybridized carbons (Fsp3) is 0.667. The molecule has 0 fully saturated rings. The third-order valence-corrected chi connectivity index (χ3v) is 19.6. The summed E-state index contributed by atoms with van der Waals surface area (Å²) < 4.78 is 23.9. The molecule has 11 heteroatoms. The molecule has 2 atom stereocenters. The zero-order chi connectivity index (χ0) is 64.7. The molecule has 0 N–H and O–H groups in total. The van der Waals surface area contributed by atoms with Gasteiger partial charge in [0.2, 0.25) is 0 Å². The van der Waals surface area contributed by atoms with Crippen LogP contribution in [0.5, 0.6) is 11.5 Å². The number of hydrogen-bond acceptors (Lipinski definition) is 11. The summed E-state index contributed by atoms with van der Waals surface area (Å²) in [7, 11) is 0. The van der Waals surface area contributed by atoms with Crippen molar-refractivity contribution in [1.82, 2.24) is 4.98 Å². The van der Waals surface area contributed by atoms with E-state index in [-0.39, 0.29) is 0 Å². The van der Waals surface area contributed by atoms with Gasteiger partial charge in [0.15, 0.2) is 0 Å². The number of hydrogen-bond donors (Lipinski definition) is 0. The number of para-hydroxylation sites is 1. The Morgan fingerprint density at radius 3 is 1.72 bits per heavy atom. The minimum Gasteiger partial charge on any atom is -0.493 e. The molecule has 2 unspecified atom stereocenters. The summed E-state index contributed by atoms with van der Waals surface area (Å²) in [5, 5.41) is 7.93. The van der Waals surface area contributed by atoms with E-state index in [0.29, 0.717) is 57.4 Å². The Labute approximate surface area is 555 Å². The summed E-state index contributed by atoms with van der Waals surface area (Å²) in [6, 6.07) is 12.8. The van der Waals surface area contributed by atoms with Crippen LogP contribution in [-0.2, 0) is 36.2 Å². The maximum atomic E-state index is 5.80. The highest BCUT2D eigenvalue weighted by atomic mass is 32.2. The minimum atomic E-state index is 0.369. The standard InChI is InChI=1S/C14H22O.C13H21NS.C12H20OS.C12H22OS.C12H20OS.C12H20S2/c1-11(2)9-13-7-5-6-8-14(13)15-10-12(3)4;1-10(2)7-12-5-6-14-8-13(12)9-15-11(3)4;1-9(2)5-11-7-14-8-12(11)13-6-10(3)4;1-9(2)6-8-14-12-11(10(3)4)5-7-13-12;1-9(2)5-6-14-12-8-13-7-11(12)10(3)4;1-9(2)5-6-11-7-8-13-12(11)14-10(3)4/h5-8,11-12H,9-10H2,1-4H3;5-6,8,10-11H,7,9H2,1-4H3;7-10H,5-6H2,1-4H3;5,7,9-12H,6,8H2,1-4H3;2*7-10H,5-6H2,1-4H3. The van der Waals surface area contributed by atoms with E-state index >= 15 is 0 Å². The van der Waals surface area contributed by atoms with Crippen molar-refractivity contribution in [1.29, 1.82) is 0 Å². The van der Waals surface area contributed by atoms with Crippen molar-refractivity contribution in [2.45, 2.75) is 248 Å². The smallest absolute Gasteiger partial charge is 0.150 e. The van der Waals surface area contributed by atoms with E-state index in [1.165, 1.54) is 74.1 Å². The molecule has 0 spiro atoms. The van der Waals surface area contributed by atoms with Gasteiger partial charge < -0.3 is 18.6 Å². The van der Waals surface area contributed by atoms with E-state index in [2.05, 4.69) is 224 Å². The van der Waals surface area contributed by atoms with Crippen molar-refractivity contribution in [3.05, 3.63) is 123 Å². The first-order valence-corrected chi connectivity index (χ1v) is 38.6. The molecule has 1 aliphatic heterocycles. The van der Waals surface area contributed by atoms with Crippen LogP contribution in [0.4, 0.5) is 0 Å². The normalized spacial score (nSPS) is 13.8. The molecule has 0 saturated heterocycles. The molecule has 4 aromatic heterocycles. The first-order valence-electron chi connectivity index (χ1n) is 32.9. The van der Waals surface area contributed by atoms with E-state index < -0.39 is 0 Å². The van der Waals surface area contributed by atoms with E-state index in [9.17, 15) is 0 Å². The zero-order valence-corrected chi connectivity index (χ0v) is 63.7. The van der Waals surface area contributed by atoms with Crippen LogP contribution in [0, 0.1) is 59.2 Å². The van der Waals surface area contributed by atoms with Crippen molar-refractivity contribution in [3.63, 3.8) is 0 Å². The largest absolute Gasteiger partial charge is 0.493 e. The fourth-order valence-electron chi connectivity index (χ4n) is 8.28. The number of thioether (sulfide) groups is 4. The molecule has 490 valence electrons. The second kappa shape index (κ2) is 47.5. The average molecular weight is 1300 g/mol. The average Bonchev–Trinajstić information content (AvgIpc) is 4.43. The van der Waals surface area contributed by atoms with Gasteiger partial charge in [0.1, 0.15) is 23.2 Å². The van der Waals surface area contributed by atoms with Crippen molar-refractivity contribution in [2.24, 2.45) is 59.2 Å². The first kappa shape index (κ1) is 81.6. The van der Waals surface area contributed by atoms with Gasteiger partial charge in [-0.05, 0) is 178 Å². The number of pyridine rings is 1. The maximum absolute atomic E-state index is 5.80. The lowest BCUT2D eigenvalue weighted by molar-refractivity contribution is 0.194. The highest BCUT2D eigenvalue weighted by Crippen LogP contribution is 2.35. The Balaban J connectivity index is 0.000000516. The van der Waals surface area contributed by atoms with Crippen LogP contribution in [0.2, 0.25) is 0 Å². The van der Waals surface area contributed by atoms with Crippen molar-refractivity contribution >= 4 is 69.7 Å².